The molecule has 3 heterocycles. The summed E-state index contributed by atoms with van der Waals surface area (Å²) in [6.07, 6.45) is 14.2. The highest BCUT2D eigenvalue weighted by atomic mass is 19.3. The van der Waals surface area contributed by atoms with Crippen molar-refractivity contribution < 1.29 is 13.2 Å². The number of alkyl halides is 2. The van der Waals surface area contributed by atoms with Crippen LogP contribution in [0.2, 0.25) is 0 Å². The molecule has 0 atom stereocenters. The van der Waals surface area contributed by atoms with Gasteiger partial charge in [0.2, 0.25) is 0 Å². The predicted molar refractivity (Wildman–Crippen MR) is 178 cm³/mol. The van der Waals surface area contributed by atoms with Gasteiger partial charge in [-0.05, 0) is 74.3 Å². The number of H-pyrrole nitrogens is 1. The van der Waals surface area contributed by atoms with Crippen molar-refractivity contribution in [3.05, 3.63) is 141 Å². The molecular weight excluding hydrogens is 571 g/mol. The van der Waals surface area contributed by atoms with Crippen LogP contribution >= 0.6 is 0 Å². The Bertz CT molecular complexity index is 1700. The van der Waals surface area contributed by atoms with E-state index < -0.39 is 5.92 Å². The van der Waals surface area contributed by atoms with Gasteiger partial charge in [-0.2, -0.15) is 0 Å². The number of rotatable bonds is 7. The van der Waals surface area contributed by atoms with E-state index in [1.165, 1.54) is 17.7 Å². The lowest BCUT2D eigenvalue weighted by Gasteiger charge is -2.23. The highest BCUT2D eigenvalue weighted by Crippen LogP contribution is 2.38. The third-order valence-corrected chi connectivity index (χ3v) is 8.41. The molecule has 0 amide bonds. The number of nitrogens with zero attached hydrogens (tertiary/aromatic N) is 1. The lowest BCUT2D eigenvalue weighted by atomic mass is 9.90. The first-order chi connectivity index (χ1) is 21.5. The predicted octanol–water partition coefficient (Wildman–Crippen LogP) is 7.27. The van der Waals surface area contributed by atoms with E-state index in [4.69, 9.17) is 11.5 Å². The Morgan fingerprint density at radius 1 is 1.07 bits per heavy atom. The molecule has 0 bridgehead atoms. The summed E-state index contributed by atoms with van der Waals surface area (Å²) in [6.45, 7) is 9.30. The van der Waals surface area contributed by atoms with E-state index in [0.29, 0.717) is 19.6 Å². The molecule has 5 rings (SSSR count). The second kappa shape index (κ2) is 13.3. The van der Waals surface area contributed by atoms with Gasteiger partial charge >= 0.3 is 0 Å². The Labute approximate surface area is 264 Å². The number of aromatic amines is 1. The summed E-state index contributed by atoms with van der Waals surface area (Å²) >= 11 is 0. The Kier molecular flexibility index (Phi) is 9.44. The lowest BCUT2D eigenvalue weighted by molar-refractivity contribution is 0.0131. The molecule has 45 heavy (non-hydrogen) atoms. The maximum Gasteiger partial charge on any atom is 0.261 e. The number of allylic oxidation sites excluding steroid dienone is 9. The quantitative estimate of drug-likeness (QED) is 0.248. The van der Waals surface area contributed by atoms with E-state index >= 15 is 0 Å². The zero-order chi connectivity index (χ0) is 32.3. The summed E-state index contributed by atoms with van der Waals surface area (Å²) in [5.74, 6) is -2.90. The zero-order valence-electron chi connectivity index (χ0n) is 26.4. The number of nitrogens with one attached hydrogen (secondary N) is 2. The van der Waals surface area contributed by atoms with E-state index in [-0.39, 0.29) is 18.8 Å². The summed E-state index contributed by atoms with van der Waals surface area (Å²) < 4.78 is 41.4. The number of aromatic nitrogens is 1. The average Bonchev–Trinajstić information content (AvgIpc) is 3.52. The van der Waals surface area contributed by atoms with Crippen molar-refractivity contribution in [2.75, 3.05) is 26.2 Å². The number of fused-ring (bicyclic) bond motifs is 1. The molecule has 6 N–H and O–H groups in total. The number of hydrogen-bond acceptors (Lipinski definition) is 4. The molecule has 3 aliphatic rings. The molecule has 1 aromatic heterocycles. The second-order valence-electron chi connectivity index (χ2n) is 12.3. The summed E-state index contributed by atoms with van der Waals surface area (Å²) in [5.41, 5.74) is 25.0. The van der Waals surface area contributed by atoms with Crippen molar-refractivity contribution in [2.45, 2.75) is 46.5 Å². The molecule has 8 heteroatoms. The van der Waals surface area contributed by atoms with Crippen LogP contribution in [-0.2, 0) is 6.42 Å². The van der Waals surface area contributed by atoms with Gasteiger partial charge in [-0.1, -0.05) is 53.2 Å². The van der Waals surface area contributed by atoms with Crippen LogP contribution in [-0.4, -0.2) is 42.0 Å². The molecule has 0 saturated carbocycles. The highest BCUT2D eigenvalue weighted by Gasteiger charge is 2.37. The van der Waals surface area contributed by atoms with Gasteiger partial charge in [0, 0.05) is 73.0 Å². The molecule has 1 aliphatic carbocycles. The first kappa shape index (κ1) is 32.0. The van der Waals surface area contributed by atoms with Gasteiger partial charge in [0.15, 0.2) is 0 Å². The molecular formula is C37H42F3N5. The Hall–Kier alpha value is -4.43. The van der Waals surface area contributed by atoms with Crippen molar-refractivity contribution in [1.82, 2.24) is 15.2 Å². The largest absolute Gasteiger partial charge is 0.404 e. The van der Waals surface area contributed by atoms with E-state index in [1.54, 1.807) is 17.3 Å². The molecule has 2 aliphatic heterocycles. The van der Waals surface area contributed by atoms with Gasteiger partial charge in [-0.3, -0.25) is 4.90 Å². The molecule has 2 aromatic rings. The number of likely N-dealkylation sites (tertiary alicyclic amines) is 1. The third-order valence-electron chi connectivity index (χ3n) is 8.41. The van der Waals surface area contributed by atoms with E-state index in [0.717, 1.165) is 73.6 Å². The fourth-order valence-electron chi connectivity index (χ4n) is 6.21. The van der Waals surface area contributed by atoms with Gasteiger partial charge in [-0.15, -0.1) is 0 Å². The third kappa shape index (κ3) is 7.28. The van der Waals surface area contributed by atoms with Crippen LogP contribution in [0.1, 0.15) is 56.6 Å². The highest BCUT2D eigenvalue weighted by molar-refractivity contribution is 5.89. The Balaban J connectivity index is 1.53. The first-order valence-corrected chi connectivity index (χ1v) is 15.3. The number of halogens is 3. The first-order valence-electron chi connectivity index (χ1n) is 15.3. The summed E-state index contributed by atoms with van der Waals surface area (Å²) in [5, 5.41) is 3.39. The lowest BCUT2D eigenvalue weighted by Crippen LogP contribution is -2.26. The van der Waals surface area contributed by atoms with Crippen LogP contribution in [0.25, 0.3) is 11.1 Å². The number of nitrogens with two attached hydrogens (primary N) is 2. The normalized spacial score (nSPS) is 20.7. The molecule has 5 nitrogen and oxygen atoms in total. The average molecular weight is 614 g/mol. The number of benzene rings is 1. The van der Waals surface area contributed by atoms with Crippen LogP contribution in [0, 0.1) is 5.82 Å². The number of hydrogen-bond donors (Lipinski definition) is 4. The van der Waals surface area contributed by atoms with Gasteiger partial charge in [0.05, 0.1) is 12.2 Å². The minimum absolute atomic E-state index is 0.110. The molecule has 0 spiro atoms. The van der Waals surface area contributed by atoms with Gasteiger partial charge < -0.3 is 21.8 Å². The Morgan fingerprint density at radius 2 is 1.82 bits per heavy atom. The van der Waals surface area contributed by atoms with Crippen molar-refractivity contribution in [1.29, 1.82) is 0 Å². The minimum Gasteiger partial charge on any atom is -0.404 e. The van der Waals surface area contributed by atoms with E-state index in [1.807, 2.05) is 39.0 Å². The monoisotopic (exact) mass is 613 g/mol. The molecule has 1 fully saturated rings. The fraction of sp³-hybridized carbons (Fsp3) is 0.297. The zero-order valence-corrected chi connectivity index (χ0v) is 26.4. The van der Waals surface area contributed by atoms with Crippen molar-refractivity contribution in [3.63, 3.8) is 0 Å². The van der Waals surface area contributed by atoms with Crippen LogP contribution in [0.5, 0.6) is 0 Å². The molecule has 1 saturated heterocycles. The molecule has 236 valence electrons. The van der Waals surface area contributed by atoms with Crippen molar-refractivity contribution in [2.24, 2.45) is 11.5 Å². The van der Waals surface area contributed by atoms with Gasteiger partial charge in [0.25, 0.3) is 5.92 Å². The summed E-state index contributed by atoms with van der Waals surface area (Å²) in [6, 6.07) is 8.75. The van der Waals surface area contributed by atoms with Gasteiger partial charge in [0.1, 0.15) is 5.82 Å². The molecule has 0 radical (unpaired) electrons. The smallest absolute Gasteiger partial charge is 0.261 e. The van der Waals surface area contributed by atoms with E-state index in [9.17, 15) is 13.2 Å². The maximum absolute atomic E-state index is 13.8. The van der Waals surface area contributed by atoms with Crippen LogP contribution in [0.4, 0.5) is 13.2 Å². The van der Waals surface area contributed by atoms with Crippen molar-refractivity contribution in [3.8, 4) is 0 Å². The van der Waals surface area contributed by atoms with Crippen LogP contribution in [0.3, 0.4) is 0 Å². The standard InChI is InChI=1S/C37H42F3N5/c1-23(2)31(27(19-41)15-25(4)21-45-14-12-37(39,40)22-45)17-32-30(11-13-43-36(32)20-42)35-18-33-29(26-6-8-28(38)9-7-26)10-5-24(3)16-34(33)44-35/h5-11,15,17-20,43-44H,12-14,16,21-22,41-42H2,1-4H3/b25-15+,27-19+,32-17-,36-20+. The molecule has 0 unspecified atom stereocenters. The van der Waals surface area contributed by atoms with Crippen molar-refractivity contribution >= 4 is 11.1 Å². The second-order valence-corrected chi connectivity index (χ2v) is 12.3. The topological polar surface area (TPSA) is 83.1 Å². The van der Waals surface area contributed by atoms with Crippen LogP contribution in [0.15, 0.2) is 112 Å². The minimum atomic E-state index is -2.63. The summed E-state index contributed by atoms with van der Waals surface area (Å²) in [4.78, 5) is 5.47. The maximum atomic E-state index is 13.8. The Morgan fingerprint density at radius 3 is 2.47 bits per heavy atom. The summed E-state index contributed by atoms with van der Waals surface area (Å²) in [7, 11) is 0. The van der Waals surface area contributed by atoms with Gasteiger partial charge in [-0.25, -0.2) is 13.2 Å². The van der Waals surface area contributed by atoms with Crippen LogP contribution < -0.4 is 16.8 Å². The fourth-order valence-corrected chi connectivity index (χ4v) is 6.21. The van der Waals surface area contributed by atoms with E-state index in [2.05, 4.69) is 47.6 Å². The molecule has 1 aromatic carbocycles. The SMILES string of the molecule is CC1=CC=C(c2ccc(F)cc2)c2cc(C3=CCNC(=C/N)/C3=C\C(=C(C)C)C(/C=C(\C)CN3CCC(F)(F)C3)=C/N)[nH]c2C1.